The van der Waals surface area contributed by atoms with Crippen molar-refractivity contribution in [1.29, 1.82) is 0 Å². The lowest BCUT2D eigenvalue weighted by Gasteiger charge is -2.24. The first-order valence-electron chi connectivity index (χ1n) is 18.4. The summed E-state index contributed by atoms with van der Waals surface area (Å²) in [5.74, 6) is -8.08. The number of hydrogen-bond donors (Lipinski definition) is 3. The predicted octanol–water partition coefficient (Wildman–Crippen LogP) is 3.87. The number of alkyl halides is 6. The fraction of sp³-hybridized carbons (Fsp3) is 0.514. The Morgan fingerprint density at radius 1 is 0.836 bits per heavy atom. The first kappa shape index (κ1) is 49.3. The van der Waals surface area contributed by atoms with Crippen LogP contribution in [0, 0.1) is 0 Å². The predicted molar refractivity (Wildman–Crippen MR) is 200 cm³/mol. The number of esters is 2. The fourth-order valence-electron chi connectivity index (χ4n) is 5.12. The highest BCUT2D eigenvalue weighted by Gasteiger charge is 2.43. The number of amides is 3. The third kappa shape index (κ3) is 16.5. The molecule has 0 aliphatic heterocycles. The topological polar surface area (TPSA) is 238 Å². The minimum absolute atomic E-state index is 0.108. The molecule has 3 rings (SSSR count). The number of benzene rings is 1. The Balaban J connectivity index is 1.56. The number of methoxy groups -OCH3 is 1. The Bertz CT molecular complexity index is 2090. The van der Waals surface area contributed by atoms with Gasteiger partial charge in [-0.15, -0.1) is 0 Å². The summed E-state index contributed by atoms with van der Waals surface area (Å²) in [6.07, 6.45) is -9.03. The summed E-state index contributed by atoms with van der Waals surface area (Å²) in [6, 6.07) is 2.78. The maximum atomic E-state index is 13.7. The molecule has 0 radical (unpaired) electrons. The Hall–Kier alpha value is -6.04. The van der Waals surface area contributed by atoms with E-state index in [1.807, 2.05) is 4.98 Å². The van der Waals surface area contributed by atoms with Crippen LogP contribution < -0.4 is 21.1 Å². The van der Waals surface area contributed by atoms with E-state index < -0.39 is 88.3 Å². The van der Waals surface area contributed by atoms with Crippen LogP contribution in [0.1, 0.15) is 75.3 Å². The van der Waals surface area contributed by atoms with Crippen LogP contribution >= 0.6 is 0 Å². The Labute approximate surface area is 343 Å². The number of nitrogens with zero attached hydrogens (tertiary/aromatic N) is 4. The monoisotopic (exact) mass is 875 g/mol. The van der Waals surface area contributed by atoms with Gasteiger partial charge in [0.2, 0.25) is 5.95 Å². The van der Waals surface area contributed by atoms with Crippen molar-refractivity contribution < 1.29 is 74.1 Å². The van der Waals surface area contributed by atoms with E-state index in [-0.39, 0.29) is 67.7 Å². The van der Waals surface area contributed by atoms with E-state index in [1.54, 1.807) is 20.8 Å². The summed E-state index contributed by atoms with van der Waals surface area (Å²) in [6.45, 7) is 5.53. The standard InChI is InChI=1S/C37H43F6N7O11/c1-35(2,3)61-26(52)8-6-16-60-18-17-59-15-5-7-24(51)13-14-25(31(55)58-4)46-29(53)21-9-11-23(12-10-21)50(33(57)37(41,42)43)20-22-19-44-28-27(45-22)30(54)48-34(47-28)49-32(56)36(38,39)40/h9-12,19,25H,5-8,13-18,20H2,1-4H3,(H,46,53)(H2,44,47,48,49,54,56)/t25-/m0/s1. The first-order chi connectivity index (χ1) is 28.5. The molecule has 1 atom stereocenters. The van der Waals surface area contributed by atoms with Crippen LogP contribution in [0.4, 0.5) is 38.0 Å². The lowest BCUT2D eigenvalue weighted by atomic mass is 10.1. The minimum atomic E-state index is -5.43. The van der Waals surface area contributed by atoms with E-state index in [4.69, 9.17) is 18.9 Å². The van der Waals surface area contributed by atoms with Gasteiger partial charge in [-0.3, -0.25) is 44.0 Å². The molecule has 0 aliphatic carbocycles. The van der Waals surface area contributed by atoms with Gasteiger partial charge in [0, 0.05) is 43.7 Å². The van der Waals surface area contributed by atoms with Gasteiger partial charge >= 0.3 is 36.1 Å². The molecule has 0 fully saturated rings. The summed E-state index contributed by atoms with van der Waals surface area (Å²) in [5, 5.41) is 3.74. The lowest BCUT2D eigenvalue weighted by molar-refractivity contribution is -0.170. The zero-order valence-electron chi connectivity index (χ0n) is 33.3. The molecule has 61 heavy (non-hydrogen) atoms. The number of ether oxygens (including phenoxy) is 4. The molecule has 1 aromatic carbocycles. The average molecular weight is 876 g/mol. The summed E-state index contributed by atoms with van der Waals surface area (Å²) < 4.78 is 99.7. The van der Waals surface area contributed by atoms with Crippen LogP contribution in [0.5, 0.6) is 0 Å². The molecule has 0 saturated carbocycles. The van der Waals surface area contributed by atoms with Gasteiger partial charge in [0.05, 0.1) is 38.8 Å². The number of carbonyl (C=O) groups is 6. The van der Waals surface area contributed by atoms with Gasteiger partial charge in [0.15, 0.2) is 11.2 Å². The molecule has 0 saturated heterocycles. The molecule has 0 bridgehead atoms. The van der Waals surface area contributed by atoms with Crippen molar-refractivity contribution in [2.75, 3.05) is 43.8 Å². The molecule has 334 valence electrons. The first-order valence-corrected chi connectivity index (χ1v) is 18.4. The highest BCUT2D eigenvalue weighted by atomic mass is 19.4. The van der Waals surface area contributed by atoms with Gasteiger partial charge in [0.25, 0.3) is 11.5 Å². The number of fused-ring (bicyclic) bond motifs is 1. The number of rotatable bonds is 21. The molecular weight excluding hydrogens is 832 g/mol. The number of nitrogens with one attached hydrogen (secondary N) is 3. The summed E-state index contributed by atoms with van der Waals surface area (Å²) >= 11 is 0. The second-order valence-corrected chi connectivity index (χ2v) is 14.0. The van der Waals surface area contributed by atoms with E-state index in [1.165, 1.54) is 5.32 Å². The number of carbonyl (C=O) groups excluding carboxylic acids is 6. The molecule has 2 aromatic heterocycles. The molecule has 18 nitrogen and oxygen atoms in total. The van der Waals surface area contributed by atoms with Gasteiger partial charge in [-0.2, -0.15) is 31.3 Å². The second-order valence-electron chi connectivity index (χ2n) is 14.0. The highest BCUT2D eigenvalue weighted by Crippen LogP contribution is 2.26. The number of H-pyrrole nitrogens is 1. The molecule has 3 aromatic rings. The van der Waals surface area contributed by atoms with Gasteiger partial charge < -0.3 is 24.3 Å². The molecule has 3 amide bonds. The normalized spacial score (nSPS) is 12.4. The third-order valence-corrected chi connectivity index (χ3v) is 7.91. The van der Waals surface area contributed by atoms with E-state index in [0.717, 1.165) is 37.6 Å². The lowest BCUT2D eigenvalue weighted by Crippen LogP contribution is -2.42. The van der Waals surface area contributed by atoms with E-state index >= 15 is 0 Å². The zero-order valence-corrected chi connectivity index (χ0v) is 33.3. The van der Waals surface area contributed by atoms with Crippen LogP contribution in [0.2, 0.25) is 0 Å². The number of aromatic amines is 1. The second kappa shape index (κ2) is 22.0. The zero-order chi connectivity index (χ0) is 45.5. The van der Waals surface area contributed by atoms with Crippen LogP contribution in [0.15, 0.2) is 35.3 Å². The summed E-state index contributed by atoms with van der Waals surface area (Å²) in [7, 11) is 1.06. The average Bonchev–Trinajstić information content (AvgIpc) is 3.17. The van der Waals surface area contributed by atoms with Gasteiger partial charge in [0.1, 0.15) is 17.4 Å². The number of aromatic nitrogens is 4. The van der Waals surface area contributed by atoms with Crippen LogP contribution in [-0.4, -0.2) is 113 Å². The minimum Gasteiger partial charge on any atom is -0.467 e. The number of ketones is 1. The molecule has 2 heterocycles. The molecule has 0 aliphatic rings. The maximum absolute atomic E-state index is 13.7. The number of halogens is 6. The van der Waals surface area contributed by atoms with Gasteiger partial charge in [-0.05, 0) is 64.3 Å². The van der Waals surface area contributed by atoms with Crippen molar-refractivity contribution in [1.82, 2.24) is 25.3 Å². The van der Waals surface area contributed by atoms with Crippen molar-refractivity contribution in [2.24, 2.45) is 0 Å². The quantitative estimate of drug-likeness (QED) is 0.0783. The van der Waals surface area contributed by atoms with Crippen LogP contribution in [-0.2, 0) is 49.5 Å². The van der Waals surface area contributed by atoms with Crippen molar-refractivity contribution >= 4 is 58.2 Å². The number of Topliss-reactive ketones (excluding diaryl/α,β-unsaturated/α-hetero) is 1. The third-order valence-electron chi connectivity index (χ3n) is 7.91. The number of hydrogen-bond acceptors (Lipinski definition) is 14. The van der Waals surface area contributed by atoms with Crippen molar-refractivity contribution in [3.8, 4) is 0 Å². The SMILES string of the molecule is COC(=O)[C@H](CCC(=O)CCCOCCOCCCC(=O)OC(C)(C)C)NC(=O)c1ccc(N(Cc2cnc3nc(NC(=O)C(F)(F)F)[nH]c(=O)c3n2)C(=O)C(F)(F)F)cc1. The Morgan fingerprint density at radius 2 is 1.46 bits per heavy atom. The van der Waals surface area contributed by atoms with Crippen LogP contribution in [0.3, 0.4) is 0 Å². The Morgan fingerprint density at radius 3 is 2.03 bits per heavy atom. The van der Waals surface area contributed by atoms with Gasteiger partial charge in [-0.25, -0.2) is 14.8 Å². The van der Waals surface area contributed by atoms with E-state index in [2.05, 4.69) is 20.3 Å². The molecule has 0 spiro atoms. The number of anilines is 2. The van der Waals surface area contributed by atoms with Crippen molar-refractivity contribution in [3.05, 3.63) is 52.1 Å². The fourth-order valence-corrected chi connectivity index (χ4v) is 5.12. The summed E-state index contributed by atoms with van der Waals surface area (Å²) in [4.78, 5) is 99.0. The van der Waals surface area contributed by atoms with Crippen molar-refractivity contribution in [3.63, 3.8) is 0 Å². The maximum Gasteiger partial charge on any atom is 0.471 e. The Kier molecular flexibility index (Phi) is 17.8. The molecular formula is C37H43F6N7O11. The van der Waals surface area contributed by atoms with Gasteiger partial charge in [-0.1, -0.05) is 0 Å². The largest absolute Gasteiger partial charge is 0.471 e. The smallest absolute Gasteiger partial charge is 0.467 e. The van der Waals surface area contributed by atoms with E-state index in [9.17, 15) is 59.9 Å². The van der Waals surface area contributed by atoms with Crippen molar-refractivity contribution in [2.45, 2.75) is 89.8 Å². The van der Waals surface area contributed by atoms with E-state index in [0.29, 0.717) is 19.4 Å². The molecule has 3 N–H and O–H groups in total. The highest BCUT2D eigenvalue weighted by molar-refractivity contribution is 6.00. The summed E-state index contributed by atoms with van der Waals surface area (Å²) in [5.41, 5.74) is -3.97. The molecule has 0 unspecified atom stereocenters. The van der Waals surface area contributed by atoms with Crippen LogP contribution in [0.25, 0.3) is 11.2 Å². The molecule has 24 heteroatoms.